The highest BCUT2D eigenvalue weighted by Crippen LogP contribution is 2.25. The number of amides is 1. The zero-order chi connectivity index (χ0) is 18.0. The Morgan fingerprint density at radius 1 is 1.12 bits per heavy atom. The molecule has 0 saturated carbocycles. The Morgan fingerprint density at radius 2 is 1.76 bits per heavy atom. The predicted octanol–water partition coefficient (Wildman–Crippen LogP) is 2.56. The highest BCUT2D eigenvalue weighted by molar-refractivity contribution is 7.88. The number of benzene rings is 2. The largest absolute Gasteiger partial charge is 0.339 e. The molecule has 1 amide bonds. The van der Waals surface area contributed by atoms with Crippen LogP contribution in [0.3, 0.4) is 0 Å². The standard InChI is InChI=1S/C19H24N2O3S/c1-3-14-8-9-18(17-7-5-4-6-16(14)17)19(22)21-12-10-15(11-13-21)20-25(2,23)24/h4-9,15,20H,3,10-13H2,1-2H3. The minimum atomic E-state index is -3.20. The molecule has 2 aromatic carbocycles. The summed E-state index contributed by atoms with van der Waals surface area (Å²) >= 11 is 0. The summed E-state index contributed by atoms with van der Waals surface area (Å²) in [5, 5.41) is 2.12. The second-order valence-electron chi connectivity index (χ2n) is 6.63. The first-order valence-corrected chi connectivity index (χ1v) is 10.6. The van der Waals surface area contributed by atoms with E-state index in [2.05, 4.69) is 17.7 Å². The zero-order valence-corrected chi connectivity index (χ0v) is 15.5. The molecule has 1 aliphatic heterocycles. The summed E-state index contributed by atoms with van der Waals surface area (Å²) in [6.45, 7) is 3.24. The lowest BCUT2D eigenvalue weighted by molar-refractivity contribution is 0.0713. The summed E-state index contributed by atoms with van der Waals surface area (Å²) in [5.74, 6) is 0.0247. The average Bonchev–Trinajstić information content (AvgIpc) is 2.59. The van der Waals surface area contributed by atoms with E-state index in [9.17, 15) is 13.2 Å². The molecule has 0 unspecified atom stereocenters. The van der Waals surface area contributed by atoms with Gasteiger partial charge in [0.15, 0.2) is 0 Å². The predicted molar refractivity (Wildman–Crippen MR) is 100 cm³/mol. The van der Waals surface area contributed by atoms with Crippen molar-refractivity contribution in [3.05, 3.63) is 47.5 Å². The van der Waals surface area contributed by atoms with Gasteiger partial charge in [-0.2, -0.15) is 0 Å². The van der Waals surface area contributed by atoms with Gasteiger partial charge in [0.05, 0.1) is 6.26 Å². The molecular weight excluding hydrogens is 336 g/mol. The average molecular weight is 360 g/mol. The lowest BCUT2D eigenvalue weighted by Gasteiger charge is -2.32. The van der Waals surface area contributed by atoms with Gasteiger partial charge in [0.1, 0.15) is 0 Å². The van der Waals surface area contributed by atoms with Gasteiger partial charge in [-0.25, -0.2) is 13.1 Å². The Labute approximate surface area is 149 Å². The normalized spacial score (nSPS) is 16.3. The molecule has 1 fully saturated rings. The monoisotopic (exact) mass is 360 g/mol. The lowest BCUT2D eigenvalue weighted by Crippen LogP contribution is -2.46. The van der Waals surface area contributed by atoms with Gasteiger partial charge in [0.25, 0.3) is 5.91 Å². The van der Waals surface area contributed by atoms with E-state index in [4.69, 9.17) is 0 Å². The van der Waals surface area contributed by atoms with E-state index in [1.165, 1.54) is 11.8 Å². The molecular formula is C19H24N2O3S. The molecule has 1 aliphatic rings. The van der Waals surface area contributed by atoms with Gasteiger partial charge in [-0.15, -0.1) is 0 Å². The van der Waals surface area contributed by atoms with Gasteiger partial charge in [-0.05, 0) is 41.7 Å². The van der Waals surface area contributed by atoms with Crippen molar-refractivity contribution in [1.29, 1.82) is 0 Å². The van der Waals surface area contributed by atoms with Crippen molar-refractivity contribution in [2.24, 2.45) is 0 Å². The fraction of sp³-hybridized carbons (Fsp3) is 0.421. The molecule has 0 radical (unpaired) electrons. The van der Waals surface area contributed by atoms with Crippen molar-refractivity contribution < 1.29 is 13.2 Å². The number of sulfonamides is 1. The smallest absolute Gasteiger partial charge is 0.254 e. The zero-order valence-electron chi connectivity index (χ0n) is 14.7. The van der Waals surface area contributed by atoms with Crippen LogP contribution < -0.4 is 4.72 Å². The number of nitrogens with zero attached hydrogens (tertiary/aromatic N) is 1. The van der Waals surface area contributed by atoms with E-state index in [0.29, 0.717) is 25.9 Å². The first kappa shape index (κ1) is 17.9. The summed E-state index contributed by atoms with van der Waals surface area (Å²) in [5.41, 5.74) is 1.96. The minimum Gasteiger partial charge on any atom is -0.339 e. The molecule has 134 valence electrons. The van der Waals surface area contributed by atoms with E-state index in [1.54, 1.807) is 0 Å². The van der Waals surface area contributed by atoms with Crippen LogP contribution >= 0.6 is 0 Å². The SMILES string of the molecule is CCc1ccc(C(=O)N2CCC(NS(C)(=O)=O)CC2)c2ccccc12. The molecule has 0 aliphatic carbocycles. The fourth-order valence-electron chi connectivity index (χ4n) is 3.53. The van der Waals surface area contributed by atoms with Crippen LogP contribution in [-0.4, -0.2) is 44.6 Å². The molecule has 25 heavy (non-hydrogen) atoms. The number of carbonyl (C=O) groups is 1. The van der Waals surface area contributed by atoms with Gasteiger partial charge in [0, 0.05) is 24.7 Å². The highest BCUT2D eigenvalue weighted by atomic mass is 32.2. The Morgan fingerprint density at radius 3 is 2.36 bits per heavy atom. The van der Waals surface area contributed by atoms with Crippen molar-refractivity contribution in [3.8, 4) is 0 Å². The van der Waals surface area contributed by atoms with E-state index in [0.717, 1.165) is 22.8 Å². The Balaban J connectivity index is 1.80. The molecule has 0 bridgehead atoms. The lowest BCUT2D eigenvalue weighted by atomic mass is 9.96. The number of hydrogen-bond donors (Lipinski definition) is 1. The molecule has 1 N–H and O–H groups in total. The fourth-order valence-corrected chi connectivity index (χ4v) is 4.37. The maximum atomic E-state index is 13.0. The van der Waals surface area contributed by atoms with E-state index < -0.39 is 10.0 Å². The van der Waals surface area contributed by atoms with Crippen molar-refractivity contribution in [1.82, 2.24) is 9.62 Å². The number of carbonyl (C=O) groups excluding carboxylic acids is 1. The molecule has 1 heterocycles. The summed E-state index contributed by atoms with van der Waals surface area (Å²) in [7, 11) is -3.20. The van der Waals surface area contributed by atoms with Gasteiger partial charge >= 0.3 is 0 Å². The Hall–Kier alpha value is -1.92. The summed E-state index contributed by atoms with van der Waals surface area (Å²) in [6, 6.07) is 11.9. The number of hydrogen-bond acceptors (Lipinski definition) is 3. The summed E-state index contributed by atoms with van der Waals surface area (Å²) in [4.78, 5) is 14.8. The molecule has 1 saturated heterocycles. The van der Waals surface area contributed by atoms with Crippen molar-refractivity contribution in [3.63, 3.8) is 0 Å². The van der Waals surface area contributed by atoms with Gasteiger partial charge in [-0.1, -0.05) is 37.3 Å². The quantitative estimate of drug-likeness (QED) is 0.911. The minimum absolute atomic E-state index is 0.0247. The van der Waals surface area contributed by atoms with Crippen LogP contribution in [0.5, 0.6) is 0 Å². The summed E-state index contributed by atoms with van der Waals surface area (Å²) < 4.78 is 25.3. The molecule has 0 aromatic heterocycles. The maximum Gasteiger partial charge on any atom is 0.254 e. The highest BCUT2D eigenvalue weighted by Gasteiger charge is 2.26. The first-order valence-electron chi connectivity index (χ1n) is 8.66. The Kier molecular flexibility index (Phi) is 5.11. The van der Waals surface area contributed by atoms with Crippen LogP contribution in [0.2, 0.25) is 0 Å². The number of aryl methyl sites for hydroxylation is 1. The van der Waals surface area contributed by atoms with Crippen molar-refractivity contribution in [2.45, 2.75) is 32.2 Å². The van der Waals surface area contributed by atoms with Crippen LogP contribution in [0.4, 0.5) is 0 Å². The second kappa shape index (κ2) is 7.14. The topological polar surface area (TPSA) is 66.5 Å². The number of fused-ring (bicyclic) bond motifs is 1. The van der Waals surface area contributed by atoms with Crippen LogP contribution in [0.25, 0.3) is 10.8 Å². The number of nitrogens with one attached hydrogen (secondary N) is 1. The number of rotatable bonds is 4. The van der Waals surface area contributed by atoms with Crippen LogP contribution in [0.1, 0.15) is 35.7 Å². The first-order chi connectivity index (χ1) is 11.9. The molecule has 6 heteroatoms. The number of piperidine rings is 1. The van der Waals surface area contributed by atoms with Crippen molar-refractivity contribution >= 4 is 26.7 Å². The third-order valence-electron chi connectivity index (χ3n) is 4.79. The van der Waals surface area contributed by atoms with Gasteiger partial charge in [-0.3, -0.25) is 4.79 Å². The number of likely N-dealkylation sites (tertiary alicyclic amines) is 1. The third-order valence-corrected chi connectivity index (χ3v) is 5.55. The molecule has 3 rings (SSSR count). The second-order valence-corrected chi connectivity index (χ2v) is 8.41. The van der Waals surface area contributed by atoms with E-state index >= 15 is 0 Å². The van der Waals surface area contributed by atoms with Crippen LogP contribution in [0.15, 0.2) is 36.4 Å². The van der Waals surface area contributed by atoms with Gasteiger partial charge in [0.2, 0.25) is 10.0 Å². The Bertz CT molecular complexity index is 885. The molecule has 5 nitrogen and oxygen atoms in total. The molecule has 0 spiro atoms. The molecule has 2 aromatic rings. The molecule has 0 atom stereocenters. The van der Waals surface area contributed by atoms with E-state index in [-0.39, 0.29) is 11.9 Å². The van der Waals surface area contributed by atoms with Crippen LogP contribution in [-0.2, 0) is 16.4 Å². The third kappa shape index (κ3) is 4.02. The summed E-state index contributed by atoms with van der Waals surface area (Å²) in [6.07, 6.45) is 3.39. The van der Waals surface area contributed by atoms with Gasteiger partial charge < -0.3 is 4.90 Å². The van der Waals surface area contributed by atoms with Crippen molar-refractivity contribution in [2.75, 3.05) is 19.3 Å². The van der Waals surface area contributed by atoms with E-state index in [1.807, 2.05) is 35.2 Å². The van der Waals surface area contributed by atoms with Crippen LogP contribution in [0, 0.1) is 0 Å². The maximum absolute atomic E-state index is 13.0.